The molecule has 1 aliphatic carbocycles. The summed E-state index contributed by atoms with van der Waals surface area (Å²) in [5.74, 6) is -2.40. The molecule has 0 unspecified atom stereocenters. The first-order valence-corrected chi connectivity index (χ1v) is 8.75. The molecule has 134 valence electrons. The Labute approximate surface area is 145 Å². The van der Waals surface area contributed by atoms with Crippen LogP contribution in [0.25, 0.3) is 10.9 Å². The second kappa shape index (κ2) is 7.25. The predicted molar refractivity (Wildman–Crippen MR) is 92.8 cm³/mol. The van der Waals surface area contributed by atoms with Crippen molar-refractivity contribution in [3.63, 3.8) is 0 Å². The van der Waals surface area contributed by atoms with Crippen LogP contribution in [0.2, 0.25) is 0 Å². The lowest BCUT2D eigenvalue weighted by Gasteiger charge is -2.27. The fourth-order valence-electron chi connectivity index (χ4n) is 3.87. The molecule has 5 nitrogen and oxygen atoms in total. The molecule has 3 rings (SSSR count). The van der Waals surface area contributed by atoms with E-state index in [2.05, 4.69) is 10.3 Å². The van der Waals surface area contributed by atoms with Gasteiger partial charge in [0.2, 0.25) is 5.91 Å². The van der Waals surface area contributed by atoms with Crippen LogP contribution in [0.3, 0.4) is 0 Å². The zero-order valence-corrected chi connectivity index (χ0v) is 14.3. The van der Waals surface area contributed by atoms with Crippen LogP contribution in [0.5, 0.6) is 0 Å². The SMILES string of the molecule is Cc1[nH]c2c(F)cccc2c1CCNC(=O)[C@@H]1CCCC[C@H]1C(=O)O. The Bertz CT molecular complexity index is 799. The average molecular weight is 346 g/mol. The highest BCUT2D eigenvalue weighted by Crippen LogP contribution is 2.30. The van der Waals surface area contributed by atoms with E-state index in [4.69, 9.17) is 0 Å². The summed E-state index contributed by atoms with van der Waals surface area (Å²) in [6, 6.07) is 4.95. The van der Waals surface area contributed by atoms with E-state index in [1.165, 1.54) is 6.07 Å². The van der Waals surface area contributed by atoms with Crippen molar-refractivity contribution in [2.75, 3.05) is 6.54 Å². The molecule has 6 heteroatoms. The molecule has 0 spiro atoms. The first kappa shape index (κ1) is 17.5. The number of carbonyl (C=O) groups excluding carboxylic acids is 1. The van der Waals surface area contributed by atoms with Crippen molar-refractivity contribution in [3.8, 4) is 0 Å². The second-order valence-corrected chi connectivity index (χ2v) is 6.77. The van der Waals surface area contributed by atoms with E-state index >= 15 is 0 Å². The number of aromatic nitrogens is 1. The minimum Gasteiger partial charge on any atom is -0.481 e. The van der Waals surface area contributed by atoms with Gasteiger partial charge in [0, 0.05) is 17.6 Å². The number of H-pyrrole nitrogens is 1. The first-order valence-electron chi connectivity index (χ1n) is 8.75. The number of halogens is 1. The number of nitrogens with one attached hydrogen (secondary N) is 2. The van der Waals surface area contributed by atoms with Crippen molar-refractivity contribution in [3.05, 3.63) is 35.3 Å². The van der Waals surface area contributed by atoms with Crippen molar-refractivity contribution in [1.29, 1.82) is 0 Å². The summed E-state index contributed by atoms with van der Waals surface area (Å²) in [7, 11) is 0. The maximum Gasteiger partial charge on any atom is 0.307 e. The van der Waals surface area contributed by atoms with Gasteiger partial charge in [-0.05, 0) is 37.8 Å². The number of carboxylic acid groups (broad SMARTS) is 1. The van der Waals surface area contributed by atoms with Gasteiger partial charge >= 0.3 is 5.97 Å². The molecule has 0 aliphatic heterocycles. The molecule has 1 aromatic carbocycles. The number of aryl methyl sites for hydroxylation is 1. The molecular weight excluding hydrogens is 323 g/mol. The Hall–Kier alpha value is -2.37. The van der Waals surface area contributed by atoms with Crippen LogP contribution in [0.4, 0.5) is 4.39 Å². The fourth-order valence-corrected chi connectivity index (χ4v) is 3.87. The lowest BCUT2D eigenvalue weighted by molar-refractivity contribution is -0.148. The van der Waals surface area contributed by atoms with E-state index in [1.807, 2.05) is 13.0 Å². The van der Waals surface area contributed by atoms with Gasteiger partial charge in [-0.1, -0.05) is 25.0 Å². The molecular formula is C19H23FN2O3. The molecule has 1 aliphatic rings. The Morgan fingerprint density at radius 1 is 1.28 bits per heavy atom. The number of fused-ring (bicyclic) bond motifs is 1. The summed E-state index contributed by atoms with van der Waals surface area (Å²) in [5.41, 5.74) is 2.35. The summed E-state index contributed by atoms with van der Waals surface area (Å²) in [6.07, 6.45) is 3.52. The van der Waals surface area contributed by atoms with Crippen LogP contribution in [0, 0.1) is 24.6 Å². The second-order valence-electron chi connectivity index (χ2n) is 6.77. The van der Waals surface area contributed by atoms with Gasteiger partial charge in [-0.3, -0.25) is 9.59 Å². The van der Waals surface area contributed by atoms with E-state index in [0.29, 0.717) is 31.3 Å². The Balaban J connectivity index is 1.65. The van der Waals surface area contributed by atoms with Crippen LogP contribution in [0.1, 0.15) is 36.9 Å². The highest BCUT2D eigenvalue weighted by atomic mass is 19.1. The maximum atomic E-state index is 13.8. The number of benzene rings is 1. The molecule has 0 saturated heterocycles. The lowest BCUT2D eigenvalue weighted by atomic mass is 9.78. The molecule has 1 amide bonds. The molecule has 1 fully saturated rings. The minimum atomic E-state index is -0.886. The number of aromatic amines is 1. The van der Waals surface area contributed by atoms with Crippen LogP contribution in [-0.2, 0) is 16.0 Å². The molecule has 0 radical (unpaired) electrons. The number of amides is 1. The monoisotopic (exact) mass is 346 g/mol. The van der Waals surface area contributed by atoms with Gasteiger partial charge in [-0.25, -0.2) is 4.39 Å². The van der Waals surface area contributed by atoms with Gasteiger partial charge < -0.3 is 15.4 Å². The third-order valence-corrected chi connectivity index (χ3v) is 5.20. The fraction of sp³-hybridized carbons (Fsp3) is 0.474. The molecule has 0 bridgehead atoms. The number of rotatable bonds is 5. The number of para-hydroxylation sites is 1. The van der Waals surface area contributed by atoms with E-state index in [0.717, 1.165) is 29.5 Å². The molecule has 2 atom stereocenters. The number of aliphatic carboxylic acids is 1. The quantitative estimate of drug-likeness (QED) is 0.778. The van der Waals surface area contributed by atoms with Crippen LogP contribution < -0.4 is 5.32 Å². The zero-order valence-electron chi connectivity index (χ0n) is 14.3. The lowest BCUT2D eigenvalue weighted by Crippen LogP contribution is -2.40. The number of hydrogen-bond acceptors (Lipinski definition) is 2. The van der Waals surface area contributed by atoms with Gasteiger partial charge in [0.25, 0.3) is 0 Å². The van der Waals surface area contributed by atoms with E-state index in [1.54, 1.807) is 6.07 Å². The van der Waals surface area contributed by atoms with Crippen molar-refractivity contribution >= 4 is 22.8 Å². The summed E-state index contributed by atoms with van der Waals surface area (Å²) in [5, 5.41) is 13.0. The number of carbonyl (C=O) groups is 2. The summed E-state index contributed by atoms with van der Waals surface area (Å²) in [6.45, 7) is 2.30. The third-order valence-electron chi connectivity index (χ3n) is 5.20. The topological polar surface area (TPSA) is 82.2 Å². The summed E-state index contributed by atoms with van der Waals surface area (Å²) in [4.78, 5) is 26.8. The molecule has 2 aromatic rings. The molecule has 25 heavy (non-hydrogen) atoms. The number of carboxylic acids is 1. The van der Waals surface area contributed by atoms with E-state index in [-0.39, 0.29) is 11.7 Å². The van der Waals surface area contributed by atoms with Gasteiger partial charge in [0.15, 0.2) is 0 Å². The third kappa shape index (κ3) is 3.52. The first-order chi connectivity index (χ1) is 12.0. The van der Waals surface area contributed by atoms with Gasteiger partial charge in [-0.2, -0.15) is 0 Å². The maximum absolute atomic E-state index is 13.8. The normalized spacial score (nSPS) is 20.6. The van der Waals surface area contributed by atoms with Gasteiger partial charge in [0.05, 0.1) is 17.4 Å². The van der Waals surface area contributed by atoms with Crippen molar-refractivity contribution in [2.45, 2.75) is 39.0 Å². The van der Waals surface area contributed by atoms with Crippen molar-refractivity contribution < 1.29 is 19.1 Å². The highest BCUT2D eigenvalue weighted by Gasteiger charge is 2.35. The largest absolute Gasteiger partial charge is 0.481 e. The molecule has 1 heterocycles. The Morgan fingerprint density at radius 3 is 2.72 bits per heavy atom. The van der Waals surface area contributed by atoms with E-state index < -0.39 is 17.8 Å². The predicted octanol–water partition coefficient (Wildman–Crippen LogP) is 3.17. The molecule has 1 saturated carbocycles. The molecule has 1 aromatic heterocycles. The average Bonchev–Trinajstić information content (AvgIpc) is 2.92. The van der Waals surface area contributed by atoms with Crippen LogP contribution in [-0.4, -0.2) is 28.5 Å². The number of hydrogen-bond donors (Lipinski definition) is 3. The van der Waals surface area contributed by atoms with Gasteiger partial charge in [-0.15, -0.1) is 0 Å². The standard InChI is InChI=1S/C19H23FN2O3/c1-11-12(13-7-4-8-16(20)17(13)22-11)9-10-21-18(23)14-5-2-3-6-15(14)19(24)25/h4,7-8,14-15,22H,2-3,5-6,9-10H2,1H3,(H,21,23)(H,24,25)/t14-,15-/m1/s1. The Morgan fingerprint density at radius 2 is 2.00 bits per heavy atom. The summed E-state index contributed by atoms with van der Waals surface area (Å²) >= 11 is 0. The summed E-state index contributed by atoms with van der Waals surface area (Å²) < 4.78 is 13.8. The van der Waals surface area contributed by atoms with Crippen LogP contribution in [0.15, 0.2) is 18.2 Å². The van der Waals surface area contributed by atoms with Crippen LogP contribution >= 0.6 is 0 Å². The highest BCUT2D eigenvalue weighted by molar-refractivity contribution is 5.86. The van der Waals surface area contributed by atoms with Crippen molar-refractivity contribution in [2.24, 2.45) is 11.8 Å². The van der Waals surface area contributed by atoms with Gasteiger partial charge in [0.1, 0.15) is 5.82 Å². The minimum absolute atomic E-state index is 0.184. The molecule has 3 N–H and O–H groups in total. The Kier molecular flexibility index (Phi) is 5.06. The van der Waals surface area contributed by atoms with Crippen molar-refractivity contribution in [1.82, 2.24) is 10.3 Å². The smallest absolute Gasteiger partial charge is 0.307 e. The zero-order chi connectivity index (χ0) is 18.0. The van der Waals surface area contributed by atoms with E-state index in [9.17, 15) is 19.1 Å².